The predicted molar refractivity (Wildman–Crippen MR) is 91.4 cm³/mol. The molecule has 6 nitrogen and oxygen atoms in total. The van der Waals surface area contributed by atoms with Crippen molar-refractivity contribution < 1.29 is 4.74 Å². The molecule has 0 unspecified atom stereocenters. The molecule has 0 aliphatic rings. The molecule has 0 aliphatic carbocycles. The predicted octanol–water partition coefficient (Wildman–Crippen LogP) is 2.68. The number of thiazole rings is 1. The van der Waals surface area contributed by atoms with E-state index in [9.17, 15) is 0 Å². The highest BCUT2D eigenvalue weighted by Gasteiger charge is 2.09. The summed E-state index contributed by atoms with van der Waals surface area (Å²) in [6.07, 6.45) is 3.38. The maximum Gasteiger partial charge on any atom is 0.129 e. The zero-order chi connectivity index (χ0) is 16.1. The van der Waals surface area contributed by atoms with Crippen LogP contribution in [0.3, 0.4) is 0 Å². The van der Waals surface area contributed by atoms with E-state index in [1.807, 2.05) is 36.5 Å². The van der Waals surface area contributed by atoms with Crippen LogP contribution in [0.1, 0.15) is 10.6 Å². The minimum Gasteiger partial charge on any atom is -0.496 e. The van der Waals surface area contributed by atoms with Gasteiger partial charge in [0.25, 0.3) is 0 Å². The van der Waals surface area contributed by atoms with Gasteiger partial charge in [0, 0.05) is 23.7 Å². The van der Waals surface area contributed by atoms with Gasteiger partial charge < -0.3 is 15.8 Å². The van der Waals surface area contributed by atoms with Crippen LogP contribution in [-0.4, -0.2) is 22.1 Å². The topological polar surface area (TPSA) is 86.0 Å². The summed E-state index contributed by atoms with van der Waals surface area (Å²) in [5.41, 5.74) is 7.39. The second-order valence-corrected chi connectivity index (χ2v) is 5.90. The first-order valence-corrected chi connectivity index (χ1v) is 7.94. The molecular weight excluding hydrogens is 310 g/mol. The van der Waals surface area contributed by atoms with Crippen molar-refractivity contribution in [1.29, 1.82) is 0 Å². The highest BCUT2D eigenvalue weighted by molar-refractivity contribution is 7.15. The number of para-hydroxylation sites is 1. The lowest BCUT2D eigenvalue weighted by Gasteiger charge is -2.05. The molecule has 2 aromatic heterocycles. The molecule has 3 N–H and O–H groups in total. The van der Waals surface area contributed by atoms with Crippen LogP contribution < -0.4 is 15.8 Å². The number of nitrogens with one attached hydrogen (secondary N) is 1. The van der Waals surface area contributed by atoms with Crippen molar-refractivity contribution in [2.24, 2.45) is 5.73 Å². The molecule has 118 valence electrons. The number of nitrogens with two attached hydrogens (primary N) is 1. The second kappa shape index (κ2) is 7.17. The lowest BCUT2D eigenvalue weighted by Crippen LogP contribution is -2.04. The molecule has 2 heterocycles. The molecule has 0 aliphatic heterocycles. The molecule has 0 spiro atoms. The fourth-order valence-electron chi connectivity index (χ4n) is 2.12. The van der Waals surface area contributed by atoms with Gasteiger partial charge in [0.05, 0.1) is 24.9 Å². The Bertz CT molecular complexity index is 789. The molecule has 0 bridgehead atoms. The number of methoxy groups -OCH3 is 1. The number of hydrogen-bond donors (Lipinski definition) is 2. The monoisotopic (exact) mass is 327 g/mol. The van der Waals surface area contributed by atoms with E-state index in [-0.39, 0.29) is 0 Å². The van der Waals surface area contributed by atoms with Crippen LogP contribution in [0.2, 0.25) is 0 Å². The maximum absolute atomic E-state index is 5.58. The van der Waals surface area contributed by atoms with E-state index in [2.05, 4.69) is 20.3 Å². The van der Waals surface area contributed by atoms with Crippen molar-refractivity contribution in [1.82, 2.24) is 15.0 Å². The number of hydrogen-bond acceptors (Lipinski definition) is 7. The van der Waals surface area contributed by atoms with Gasteiger partial charge in [0.2, 0.25) is 0 Å². The van der Waals surface area contributed by atoms with Gasteiger partial charge in [-0.05, 0) is 12.1 Å². The largest absolute Gasteiger partial charge is 0.496 e. The van der Waals surface area contributed by atoms with Crippen LogP contribution in [0.5, 0.6) is 5.75 Å². The fourth-order valence-corrected chi connectivity index (χ4v) is 3.00. The standard InChI is InChI=1S/C16H17N5OS/c1-22-14-5-3-2-4-13(14)16-19-9-12(23-16)8-18-15-6-11(7-17)20-10-21-15/h2-6,9-10H,7-8,17H2,1H3,(H,18,20,21). The summed E-state index contributed by atoms with van der Waals surface area (Å²) in [6, 6.07) is 9.72. The number of benzene rings is 1. The van der Waals surface area contributed by atoms with E-state index in [1.165, 1.54) is 6.33 Å². The first-order valence-electron chi connectivity index (χ1n) is 7.13. The van der Waals surface area contributed by atoms with Crippen LogP contribution in [-0.2, 0) is 13.1 Å². The summed E-state index contributed by atoms with van der Waals surface area (Å²) in [5, 5.41) is 4.20. The highest BCUT2D eigenvalue weighted by Crippen LogP contribution is 2.32. The molecule has 7 heteroatoms. The minimum atomic E-state index is 0.399. The van der Waals surface area contributed by atoms with Gasteiger partial charge in [0.15, 0.2) is 0 Å². The van der Waals surface area contributed by atoms with E-state index in [4.69, 9.17) is 10.5 Å². The fraction of sp³-hybridized carbons (Fsp3) is 0.188. The zero-order valence-corrected chi connectivity index (χ0v) is 13.5. The number of ether oxygens (including phenoxy) is 1. The van der Waals surface area contributed by atoms with Crippen LogP contribution in [0.15, 0.2) is 42.9 Å². The first kappa shape index (κ1) is 15.4. The Morgan fingerprint density at radius 1 is 1.22 bits per heavy atom. The number of anilines is 1. The van der Waals surface area contributed by atoms with Crippen LogP contribution in [0.25, 0.3) is 10.6 Å². The Kier molecular flexibility index (Phi) is 4.80. The zero-order valence-electron chi connectivity index (χ0n) is 12.7. The average Bonchev–Trinajstić information content (AvgIpc) is 3.09. The molecule has 23 heavy (non-hydrogen) atoms. The van der Waals surface area contributed by atoms with Crippen LogP contribution in [0, 0.1) is 0 Å². The molecule has 0 saturated carbocycles. The summed E-state index contributed by atoms with van der Waals surface area (Å²) in [7, 11) is 1.67. The molecule has 0 saturated heterocycles. The summed E-state index contributed by atoms with van der Waals surface area (Å²) in [4.78, 5) is 13.9. The Labute approximate surface area is 138 Å². The third-order valence-corrected chi connectivity index (χ3v) is 4.30. The van der Waals surface area contributed by atoms with Crippen molar-refractivity contribution in [2.45, 2.75) is 13.1 Å². The minimum absolute atomic E-state index is 0.399. The van der Waals surface area contributed by atoms with Crippen molar-refractivity contribution in [3.8, 4) is 16.3 Å². The van der Waals surface area contributed by atoms with Crippen molar-refractivity contribution >= 4 is 17.2 Å². The van der Waals surface area contributed by atoms with Gasteiger partial charge in [-0.3, -0.25) is 0 Å². The Morgan fingerprint density at radius 2 is 2.09 bits per heavy atom. The SMILES string of the molecule is COc1ccccc1-c1ncc(CNc2cc(CN)ncn2)s1. The molecule has 0 amide bonds. The Morgan fingerprint density at radius 3 is 2.91 bits per heavy atom. The van der Waals surface area contributed by atoms with Crippen LogP contribution in [0.4, 0.5) is 5.82 Å². The summed E-state index contributed by atoms with van der Waals surface area (Å²) in [5.74, 6) is 1.58. The highest BCUT2D eigenvalue weighted by atomic mass is 32.1. The Hall–Kier alpha value is -2.51. The third-order valence-electron chi connectivity index (χ3n) is 3.27. The van der Waals surface area contributed by atoms with E-state index < -0.39 is 0 Å². The lowest BCUT2D eigenvalue weighted by atomic mass is 10.2. The first-order chi connectivity index (χ1) is 11.3. The van der Waals surface area contributed by atoms with E-state index in [0.717, 1.165) is 32.7 Å². The maximum atomic E-state index is 5.58. The molecule has 0 radical (unpaired) electrons. The smallest absolute Gasteiger partial charge is 0.129 e. The second-order valence-electron chi connectivity index (χ2n) is 4.78. The third kappa shape index (κ3) is 3.64. The average molecular weight is 327 g/mol. The number of aromatic nitrogens is 3. The van der Waals surface area contributed by atoms with Gasteiger partial charge in [-0.1, -0.05) is 12.1 Å². The molecule has 0 atom stereocenters. The van der Waals surface area contributed by atoms with E-state index in [1.54, 1.807) is 18.4 Å². The Balaban J connectivity index is 1.72. The number of nitrogens with zero attached hydrogens (tertiary/aromatic N) is 3. The van der Waals surface area contributed by atoms with E-state index >= 15 is 0 Å². The van der Waals surface area contributed by atoms with Gasteiger partial charge in [-0.15, -0.1) is 11.3 Å². The number of rotatable bonds is 6. The molecule has 3 rings (SSSR count). The molecule has 3 aromatic rings. The van der Waals surface area contributed by atoms with Gasteiger partial charge in [0.1, 0.15) is 22.9 Å². The van der Waals surface area contributed by atoms with Gasteiger partial charge >= 0.3 is 0 Å². The van der Waals surface area contributed by atoms with Gasteiger partial charge in [-0.25, -0.2) is 15.0 Å². The normalized spacial score (nSPS) is 10.5. The van der Waals surface area contributed by atoms with Crippen LogP contribution >= 0.6 is 11.3 Å². The van der Waals surface area contributed by atoms with Crippen molar-refractivity contribution in [3.05, 3.63) is 53.4 Å². The van der Waals surface area contributed by atoms with Gasteiger partial charge in [-0.2, -0.15) is 0 Å². The van der Waals surface area contributed by atoms with Crippen molar-refractivity contribution in [2.75, 3.05) is 12.4 Å². The summed E-state index contributed by atoms with van der Waals surface area (Å²) < 4.78 is 5.39. The van der Waals surface area contributed by atoms with Crippen molar-refractivity contribution in [3.63, 3.8) is 0 Å². The summed E-state index contributed by atoms with van der Waals surface area (Å²) >= 11 is 1.62. The lowest BCUT2D eigenvalue weighted by molar-refractivity contribution is 0.416. The molecule has 1 aromatic carbocycles. The van der Waals surface area contributed by atoms with E-state index in [0.29, 0.717) is 13.1 Å². The summed E-state index contributed by atoms with van der Waals surface area (Å²) in [6.45, 7) is 1.05. The molecular formula is C16H17N5OS. The molecule has 0 fully saturated rings. The quantitative estimate of drug-likeness (QED) is 0.724.